The lowest BCUT2D eigenvalue weighted by atomic mass is 10.2. The Bertz CT molecular complexity index is 1140. The van der Waals surface area contributed by atoms with Gasteiger partial charge in [0.05, 0.1) is 20.6 Å². The van der Waals surface area contributed by atoms with Crippen LogP contribution in [0.5, 0.6) is 0 Å². The molecule has 0 fully saturated rings. The Labute approximate surface area is 171 Å². The molecule has 144 valence electrons. The number of sulfonamides is 1. The summed E-state index contributed by atoms with van der Waals surface area (Å²) in [5.74, 6) is -1.09. The molecule has 2 N–H and O–H groups in total. The van der Waals surface area contributed by atoms with E-state index < -0.39 is 21.7 Å². The first-order valence-corrected chi connectivity index (χ1v) is 10.1. The van der Waals surface area contributed by atoms with E-state index in [4.69, 9.17) is 23.2 Å². The number of nitrogens with one attached hydrogen (secondary N) is 2. The first-order valence-electron chi connectivity index (χ1n) is 7.90. The van der Waals surface area contributed by atoms with Crippen LogP contribution < -0.4 is 10.0 Å². The van der Waals surface area contributed by atoms with Crippen LogP contribution in [-0.4, -0.2) is 14.3 Å². The zero-order valence-corrected chi connectivity index (χ0v) is 16.4. The maximum absolute atomic E-state index is 13.2. The van der Waals surface area contributed by atoms with E-state index in [1.165, 1.54) is 42.5 Å². The molecule has 3 aromatic carbocycles. The minimum Gasteiger partial charge on any atom is -0.322 e. The van der Waals surface area contributed by atoms with Crippen molar-refractivity contribution in [2.75, 3.05) is 10.0 Å². The van der Waals surface area contributed by atoms with E-state index in [2.05, 4.69) is 10.0 Å². The van der Waals surface area contributed by atoms with Crippen molar-refractivity contribution in [2.45, 2.75) is 4.90 Å². The molecule has 3 rings (SSSR count). The molecular weight excluding hydrogens is 426 g/mol. The van der Waals surface area contributed by atoms with Gasteiger partial charge in [0, 0.05) is 11.3 Å². The van der Waals surface area contributed by atoms with Gasteiger partial charge in [0.2, 0.25) is 0 Å². The SMILES string of the molecule is O=C(Nc1ccc(F)c(Cl)c1)c1ccc(S(=O)(=O)Nc2ccccc2Cl)cc1. The standard InChI is InChI=1S/C19H13Cl2FN2O3S/c20-15-3-1-2-4-18(15)24-28(26,27)14-8-5-12(6-9-14)19(25)23-13-7-10-17(22)16(21)11-13/h1-11,24H,(H,23,25). The van der Waals surface area contributed by atoms with E-state index in [0.29, 0.717) is 5.69 Å². The molecule has 3 aromatic rings. The van der Waals surface area contributed by atoms with Crippen LogP contribution >= 0.6 is 23.2 Å². The summed E-state index contributed by atoms with van der Waals surface area (Å²) in [6, 6.07) is 15.5. The Morgan fingerprint density at radius 1 is 0.893 bits per heavy atom. The largest absolute Gasteiger partial charge is 0.322 e. The number of carbonyl (C=O) groups excluding carboxylic acids is 1. The number of benzene rings is 3. The molecular formula is C19H13Cl2FN2O3S. The number of hydrogen-bond donors (Lipinski definition) is 2. The predicted molar refractivity (Wildman–Crippen MR) is 108 cm³/mol. The van der Waals surface area contributed by atoms with Crippen molar-refractivity contribution in [2.24, 2.45) is 0 Å². The fourth-order valence-corrected chi connectivity index (χ4v) is 3.81. The number of anilines is 2. The second-order valence-corrected chi connectivity index (χ2v) is 8.19. The Kier molecular flexibility index (Phi) is 5.88. The van der Waals surface area contributed by atoms with Crippen molar-refractivity contribution in [3.05, 3.63) is 88.2 Å². The van der Waals surface area contributed by atoms with Crippen LogP contribution in [0.4, 0.5) is 15.8 Å². The highest BCUT2D eigenvalue weighted by Crippen LogP contribution is 2.24. The fraction of sp³-hybridized carbons (Fsp3) is 0. The Morgan fingerprint density at radius 3 is 2.21 bits per heavy atom. The molecule has 0 aliphatic carbocycles. The monoisotopic (exact) mass is 438 g/mol. The third-order valence-electron chi connectivity index (χ3n) is 3.72. The number of para-hydroxylation sites is 1. The number of rotatable bonds is 5. The van der Waals surface area contributed by atoms with Gasteiger partial charge in [0.15, 0.2) is 0 Å². The van der Waals surface area contributed by atoms with Gasteiger partial charge in [-0.25, -0.2) is 12.8 Å². The van der Waals surface area contributed by atoms with Gasteiger partial charge in [-0.05, 0) is 54.6 Å². The quantitative estimate of drug-likeness (QED) is 0.575. The molecule has 0 aliphatic rings. The van der Waals surface area contributed by atoms with Crippen LogP contribution in [0, 0.1) is 5.82 Å². The van der Waals surface area contributed by atoms with E-state index in [-0.39, 0.29) is 26.2 Å². The van der Waals surface area contributed by atoms with Crippen molar-refractivity contribution in [3.8, 4) is 0 Å². The van der Waals surface area contributed by atoms with Crippen molar-refractivity contribution < 1.29 is 17.6 Å². The maximum atomic E-state index is 13.2. The van der Waals surface area contributed by atoms with E-state index in [1.807, 2.05) is 0 Å². The van der Waals surface area contributed by atoms with Crippen LogP contribution in [0.15, 0.2) is 71.6 Å². The zero-order chi connectivity index (χ0) is 20.3. The average Bonchev–Trinajstić information content (AvgIpc) is 2.66. The van der Waals surface area contributed by atoms with E-state index in [9.17, 15) is 17.6 Å². The number of carbonyl (C=O) groups is 1. The molecule has 0 unspecified atom stereocenters. The first kappa shape index (κ1) is 20.1. The van der Waals surface area contributed by atoms with Crippen molar-refractivity contribution >= 4 is 50.5 Å². The Balaban J connectivity index is 1.76. The van der Waals surface area contributed by atoms with E-state index >= 15 is 0 Å². The summed E-state index contributed by atoms with van der Waals surface area (Å²) in [6.07, 6.45) is 0. The summed E-state index contributed by atoms with van der Waals surface area (Å²) in [5, 5.41) is 2.70. The fourth-order valence-electron chi connectivity index (χ4n) is 2.31. The number of amides is 1. The second kappa shape index (κ2) is 8.18. The second-order valence-electron chi connectivity index (χ2n) is 5.69. The normalized spacial score (nSPS) is 11.1. The minimum absolute atomic E-state index is 0.0335. The summed E-state index contributed by atoms with van der Waals surface area (Å²) < 4.78 is 40.5. The third-order valence-corrected chi connectivity index (χ3v) is 5.72. The van der Waals surface area contributed by atoms with Crippen LogP contribution in [0.25, 0.3) is 0 Å². The maximum Gasteiger partial charge on any atom is 0.261 e. The molecule has 0 bridgehead atoms. The highest BCUT2D eigenvalue weighted by Gasteiger charge is 2.16. The lowest BCUT2D eigenvalue weighted by Crippen LogP contribution is -2.15. The third kappa shape index (κ3) is 4.62. The van der Waals surface area contributed by atoms with Gasteiger partial charge in [0.1, 0.15) is 5.82 Å². The van der Waals surface area contributed by atoms with Gasteiger partial charge in [-0.1, -0.05) is 35.3 Å². The van der Waals surface area contributed by atoms with Crippen molar-refractivity contribution in [1.82, 2.24) is 0 Å². The summed E-state index contributed by atoms with van der Waals surface area (Å²) in [6.45, 7) is 0. The first-order chi connectivity index (χ1) is 13.3. The Morgan fingerprint density at radius 2 is 1.57 bits per heavy atom. The lowest BCUT2D eigenvalue weighted by molar-refractivity contribution is 0.102. The molecule has 0 heterocycles. The van der Waals surface area contributed by atoms with Crippen LogP contribution in [0.2, 0.25) is 10.0 Å². The molecule has 0 spiro atoms. The molecule has 0 atom stereocenters. The topological polar surface area (TPSA) is 75.3 Å². The molecule has 0 aromatic heterocycles. The molecule has 1 amide bonds. The van der Waals surface area contributed by atoms with Gasteiger partial charge in [-0.15, -0.1) is 0 Å². The van der Waals surface area contributed by atoms with Crippen LogP contribution in [-0.2, 0) is 10.0 Å². The van der Waals surface area contributed by atoms with Gasteiger partial charge in [-0.2, -0.15) is 0 Å². The molecule has 0 saturated carbocycles. The van der Waals surface area contributed by atoms with Gasteiger partial charge < -0.3 is 5.32 Å². The van der Waals surface area contributed by atoms with Gasteiger partial charge in [0.25, 0.3) is 15.9 Å². The smallest absolute Gasteiger partial charge is 0.261 e. The van der Waals surface area contributed by atoms with Gasteiger partial charge in [-0.3, -0.25) is 9.52 Å². The van der Waals surface area contributed by atoms with Crippen LogP contribution in [0.1, 0.15) is 10.4 Å². The summed E-state index contributed by atoms with van der Waals surface area (Å²) in [7, 11) is -3.87. The molecule has 0 radical (unpaired) electrons. The average molecular weight is 439 g/mol. The van der Waals surface area contributed by atoms with Crippen LogP contribution in [0.3, 0.4) is 0 Å². The lowest BCUT2D eigenvalue weighted by Gasteiger charge is -2.10. The highest BCUT2D eigenvalue weighted by atomic mass is 35.5. The zero-order valence-electron chi connectivity index (χ0n) is 14.1. The van der Waals surface area contributed by atoms with Crippen molar-refractivity contribution in [1.29, 1.82) is 0 Å². The van der Waals surface area contributed by atoms with E-state index in [0.717, 1.165) is 6.07 Å². The molecule has 0 saturated heterocycles. The number of hydrogen-bond acceptors (Lipinski definition) is 3. The summed E-state index contributed by atoms with van der Waals surface area (Å²) >= 11 is 11.7. The molecule has 9 heteroatoms. The minimum atomic E-state index is -3.87. The number of halogens is 3. The predicted octanol–water partition coefficient (Wildman–Crippen LogP) is 5.19. The summed E-state index contributed by atoms with van der Waals surface area (Å²) in [5.41, 5.74) is 0.782. The van der Waals surface area contributed by atoms with E-state index in [1.54, 1.807) is 18.2 Å². The summed E-state index contributed by atoms with van der Waals surface area (Å²) in [4.78, 5) is 12.2. The highest BCUT2D eigenvalue weighted by molar-refractivity contribution is 7.92. The molecule has 5 nitrogen and oxygen atoms in total. The van der Waals surface area contributed by atoms with Crippen molar-refractivity contribution in [3.63, 3.8) is 0 Å². The molecule has 28 heavy (non-hydrogen) atoms. The Hall–Kier alpha value is -2.61. The van der Waals surface area contributed by atoms with Gasteiger partial charge >= 0.3 is 0 Å². The molecule has 0 aliphatic heterocycles.